The van der Waals surface area contributed by atoms with Crippen LogP contribution in [0.1, 0.15) is 13.8 Å². The lowest BCUT2D eigenvalue weighted by molar-refractivity contribution is -0.336. The number of aliphatic hydroxyl groups excluding tert-OH is 4. The van der Waals surface area contributed by atoms with Gasteiger partial charge in [-0.15, -0.1) is 0 Å². The summed E-state index contributed by atoms with van der Waals surface area (Å²) < 4.78 is 5.34. The maximum absolute atomic E-state index is 9.83. The maximum atomic E-state index is 9.83. The second-order valence-corrected chi connectivity index (χ2v) is 4.36. The van der Waals surface area contributed by atoms with Crippen LogP contribution < -0.4 is 0 Å². The number of hydrogen-bond donors (Lipinski definition) is 4. The van der Waals surface area contributed by atoms with E-state index in [0.717, 1.165) is 0 Å². The fraction of sp³-hybridized carbons (Fsp3) is 1.00. The third kappa shape index (κ3) is 2.94. The van der Waals surface area contributed by atoms with E-state index in [2.05, 4.69) is 0 Å². The Hall–Kier alpha value is -0.280. The second kappa shape index (κ2) is 6.05. The molecule has 0 aromatic carbocycles. The van der Waals surface area contributed by atoms with Gasteiger partial charge >= 0.3 is 0 Å². The number of ether oxygens (including phenoxy) is 1. The Balaban J connectivity index is 2.84. The van der Waals surface area contributed by atoms with Crippen LogP contribution in [0.4, 0.5) is 0 Å². The van der Waals surface area contributed by atoms with Crippen LogP contribution in [0.2, 0.25) is 0 Å². The van der Waals surface area contributed by atoms with E-state index in [-0.39, 0.29) is 6.04 Å². The third-order valence-corrected chi connectivity index (χ3v) is 2.84. The number of aliphatic hydroxyl groups is 4. The van der Waals surface area contributed by atoms with Crippen LogP contribution in [0.3, 0.4) is 0 Å². The molecule has 7 heteroatoms. The molecule has 0 bridgehead atoms. The van der Waals surface area contributed by atoms with Gasteiger partial charge in [0.15, 0.2) is 6.23 Å². The molecule has 1 heterocycles. The normalized spacial score (nSPS) is 39.0. The summed E-state index contributed by atoms with van der Waals surface area (Å²) in [6.07, 6.45) is -5.90. The predicted octanol–water partition coefficient (Wildman–Crippen LogP) is -1.94. The topological polar surface area (TPSA) is 103 Å². The highest BCUT2D eigenvalue weighted by Gasteiger charge is 2.46. The molecule has 3 unspecified atom stereocenters. The van der Waals surface area contributed by atoms with E-state index in [1.807, 2.05) is 13.8 Å². The quantitative estimate of drug-likeness (QED) is 0.431. The molecular formula is C10H21NO6. The lowest BCUT2D eigenvalue weighted by Crippen LogP contribution is -2.63. The van der Waals surface area contributed by atoms with E-state index in [9.17, 15) is 15.3 Å². The Kier molecular flexibility index (Phi) is 5.26. The van der Waals surface area contributed by atoms with Gasteiger partial charge in [-0.05, 0) is 13.8 Å². The average molecular weight is 251 g/mol. The Morgan fingerprint density at radius 2 is 1.76 bits per heavy atom. The number of hydrogen-bond acceptors (Lipinski definition) is 7. The molecule has 1 saturated heterocycles. The minimum atomic E-state index is -1.39. The molecule has 0 spiro atoms. The molecule has 5 atom stereocenters. The van der Waals surface area contributed by atoms with Gasteiger partial charge in [-0.3, -0.25) is 4.84 Å². The van der Waals surface area contributed by atoms with Gasteiger partial charge in [-0.25, -0.2) is 0 Å². The molecule has 7 nitrogen and oxygen atoms in total. The van der Waals surface area contributed by atoms with Crippen LogP contribution in [-0.4, -0.2) is 75.9 Å². The summed E-state index contributed by atoms with van der Waals surface area (Å²) in [4.78, 5) is 5.07. The van der Waals surface area contributed by atoms with E-state index >= 15 is 0 Å². The molecule has 1 aliphatic heterocycles. The zero-order valence-corrected chi connectivity index (χ0v) is 10.2. The van der Waals surface area contributed by atoms with Crippen LogP contribution in [0, 0.1) is 0 Å². The molecule has 0 aromatic heterocycles. The van der Waals surface area contributed by atoms with Gasteiger partial charge in [0.2, 0.25) is 0 Å². The molecule has 1 rings (SSSR count). The molecular weight excluding hydrogens is 230 g/mol. The molecule has 102 valence electrons. The van der Waals surface area contributed by atoms with E-state index in [0.29, 0.717) is 0 Å². The van der Waals surface area contributed by atoms with Crippen molar-refractivity contribution in [1.82, 2.24) is 5.06 Å². The minimum absolute atomic E-state index is 0.0959. The van der Waals surface area contributed by atoms with Crippen molar-refractivity contribution in [3.05, 3.63) is 0 Å². The number of rotatable bonds is 4. The highest BCUT2D eigenvalue weighted by Crippen LogP contribution is 2.24. The van der Waals surface area contributed by atoms with Crippen molar-refractivity contribution < 1.29 is 30.0 Å². The summed E-state index contributed by atoms with van der Waals surface area (Å²) in [5.74, 6) is 0. The Morgan fingerprint density at radius 1 is 1.18 bits per heavy atom. The van der Waals surface area contributed by atoms with E-state index in [1.54, 1.807) is 0 Å². The van der Waals surface area contributed by atoms with Gasteiger partial charge in [0.25, 0.3) is 0 Å². The lowest BCUT2D eigenvalue weighted by atomic mass is 9.98. The van der Waals surface area contributed by atoms with E-state index in [1.165, 1.54) is 12.2 Å². The van der Waals surface area contributed by atoms with Gasteiger partial charge in [0, 0.05) is 6.04 Å². The molecule has 1 fully saturated rings. The first kappa shape index (κ1) is 14.8. The van der Waals surface area contributed by atoms with Crippen LogP contribution >= 0.6 is 0 Å². The number of nitrogens with zero attached hydrogens (tertiary/aromatic N) is 1. The average Bonchev–Trinajstić information content (AvgIpc) is 2.29. The largest absolute Gasteiger partial charge is 0.394 e. The van der Waals surface area contributed by atoms with Crippen molar-refractivity contribution in [2.45, 2.75) is 50.5 Å². The van der Waals surface area contributed by atoms with Crippen molar-refractivity contribution in [1.29, 1.82) is 0 Å². The first-order valence-electron chi connectivity index (χ1n) is 5.57. The standard InChI is InChI=1S/C10H21NO6/c1-5(2)11(16-3)10-9(15)8(14)7(13)6(4-12)17-10/h5-10,12-15H,4H2,1-3H3/t6?,7-,8+,9?,10?/m1/s1. The van der Waals surface area contributed by atoms with E-state index in [4.69, 9.17) is 14.7 Å². The smallest absolute Gasteiger partial charge is 0.162 e. The molecule has 0 aliphatic carbocycles. The van der Waals surface area contributed by atoms with Crippen molar-refractivity contribution >= 4 is 0 Å². The third-order valence-electron chi connectivity index (χ3n) is 2.84. The summed E-state index contributed by atoms with van der Waals surface area (Å²) >= 11 is 0. The van der Waals surface area contributed by atoms with Crippen LogP contribution in [0.15, 0.2) is 0 Å². The first-order chi connectivity index (χ1) is 7.93. The summed E-state index contributed by atoms with van der Waals surface area (Å²) in [6.45, 7) is 3.20. The zero-order valence-electron chi connectivity index (χ0n) is 10.2. The molecule has 0 aromatic rings. The zero-order chi connectivity index (χ0) is 13.2. The molecule has 1 aliphatic rings. The van der Waals surface area contributed by atoms with Crippen LogP contribution in [0.25, 0.3) is 0 Å². The lowest BCUT2D eigenvalue weighted by Gasteiger charge is -2.44. The Morgan fingerprint density at radius 3 is 2.18 bits per heavy atom. The van der Waals surface area contributed by atoms with Crippen LogP contribution in [-0.2, 0) is 9.57 Å². The summed E-state index contributed by atoms with van der Waals surface area (Å²) in [6, 6.07) is -0.0959. The molecule has 17 heavy (non-hydrogen) atoms. The SMILES string of the molecule is CON(C(C)C)C1OC(CO)[C@@H](O)[C@H](O)C1O. The van der Waals surface area contributed by atoms with E-state index < -0.39 is 37.3 Å². The second-order valence-electron chi connectivity index (χ2n) is 4.36. The molecule has 4 N–H and O–H groups in total. The van der Waals surface area contributed by atoms with Gasteiger partial charge in [0.05, 0.1) is 13.7 Å². The van der Waals surface area contributed by atoms with Gasteiger partial charge in [-0.2, -0.15) is 5.06 Å². The highest BCUT2D eigenvalue weighted by atomic mass is 16.7. The summed E-state index contributed by atoms with van der Waals surface area (Å²) in [5.41, 5.74) is 0. The van der Waals surface area contributed by atoms with Crippen LogP contribution in [0.5, 0.6) is 0 Å². The van der Waals surface area contributed by atoms with Crippen molar-refractivity contribution in [3.8, 4) is 0 Å². The predicted molar refractivity (Wildman–Crippen MR) is 57.8 cm³/mol. The Labute approximate surface area is 100 Å². The molecule has 0 radical (unpaired) electrons. The van der Waals surface area contributed by atoms with Crippen molar-refractivity contribution in [2.24, 2.45) is 0 Å². The van der Waals surface area contributed by atoms with Crippen molar-refractivity contribution in [2.75, 3.05) is 13.7 Å². The monoisotopic (exact) mass is 251 g/mol. The van der Waals surface area contributed by atoms with Gasteiger partial charge in [-0.1, -0.05) is 0 Å². The first-order valence-corrected chi connectivity index (χ1v) is 5.57. The molecule has 0 amide bonds. The molecule has 0 saturated carbocycles. The highest BCUT2D eigenvalue weighted by molar-refractivity contribution is 4.91. The van der Waals surface area contributed by atoms with Gasteiger partial charge in [0.1, 0.15) is 24.4 Å². The summed E-state index contributed by atoms with van der Waals surface area (Å²) in [5, 5.41) is 39.5. The Bertz CT molecular complexity index is 237. The van der Waals surface area contributed by atoms with Gasteiger partial charge < -0.3 is 25.2 Å². The fourth-order valence-electron chi connectivity index (χ4n) is 1.90. The minimum Gasteiger partial charge on any atom is -0.394 e. The fourth-order valence-corrected chi connectivity index (χ4v) is 1.90. The number of hydroxylamine groups is 2. The van der Waals surface area contributed by atoms with Crippen molar-refractivity contribution in [3.63, 3.8) is 0 Å². The maximum Gasteiger partial charge on any atom is 0.162 e. The summed E-state index contributed by atoms with van der Waals surface area (Å²) in [7, 11) is 1.42.